The molecule has 2 aromatic rings. The molecular formula is C17H24N4O. The Morgan fingerprint density at radius 2 is 1.95 bits per heavy atom. The Balaban J connectivity index is 1.48. The van der Waals surface area contributed by atoms with Gasteiger partial charge in [0.05, 0.1) is 24.6 Å². The van der Waals surface area contributed by atoms with E-state index in [2.05, 4.69) is 40.4 Å². The van der Waals surface area contributed by atoms with Crippen LogP contribution in [-0.4, -0.2) is 53.6 Å². The van der Waals surface area contributed by atoms with Crippen LogP contribution in [0.2, 0.25) is 0 Å². The highest BCUT2D eigenvalue weighted by molar-refractivity contribution is 5.30. The molecule has 1 aromatic heterocycles. The molecule has 1 unspecified atom stereocenters. The Kier molecular flexibility index (Phi) is 5.21. The van der Waals surface area contributed by atoms with E-state index in [1.54, 1.807) is 0 Å². The molecule has 0 spiro atoms. The summed E-state index contributed by atoms with van der Waals surface area (Å²) in [6, 6.07) is 12.7. The molecule has 1 atom stereocenters. The number of nitrogens with zero attached hydrogens (tertiary/aromatic N) is 3. The van der Waals surface area contributed by atoms with Gasteiger partial charge in [0, 0.05) is 38.4 Å². The van der Waals surface area contributed by atoms with E-state index >= 15 is 0 Å². The van der Waals surface area contributed by atoms with Gasteiger partial charge in [-0.1, -0.05) is 18.2 Å². The number of hydrogen-bond acceptors (Lipinski definition) is 4. The van der Waals surface area contributed by atoms with Crippen LogP contribution in [-0.2, 0) is 11.3 Å². The van der Waals surface area contributed by atoms with Crippen molar-refractivity contribution in [2.75, 3.05) is 32.8 Å². The number of para-hydroxylation sites is 1. The maximum Gasteiger partial charge on any atom is 0.0766 e. The van der Waals surface area contributed by atoms with Crippen molar-refractivity contribution < 1.29 is 4.74 Å². The summed E-state index contributed by atoms with van der Waals surface area (Å²) in [5.74, 6) is 0. The van der Waals surface area contributed by atoms with Gasteiger partial charge in [-0.3, -0.25) is 4.90 Å². The first kappa shape index (κ1) is 15.2. The van der Waals surface area contributed by atoms with Crippen molar-refractivity contribution in [2.24, 2.45) is 0 Å². The van der Waals surface area contributed by atoms with Crippen molar-refractivity contribution >= 4 is 0 Å². The summed E-state index contributed by atoms with van der Waals surface area (Å²) in [7, 11) is 0. The maximum atomic E-state index is 5.38. The van der Waals surface area contributed by atoms with Crippen LogP contribution >= 0.6 is 0 Å². The predicted molar refractivity (Wildman–Crippen MR) is 87.1 cm³/mol. The third-order valence-electron chi connectivity index (χ3n) is 3.93. The van der Waals surface area contributed by atoms with E-state index in [1.165, 1.54) is 0 Å². The molecule has 1 aliphatic rings. The first-order chi connectivity index (χ1) is 10.8. The Morgan fingerprint density at radius 3 is 2.73 bits per heavy atom. The Morgan fingerprint density at radius 1 is 1.18 bits per heavy atom. The van der Waals surface area contributed by atoms with Gasteiger partial charge >= 0.3 is 0 Å². The summed E-state index contributed by atoms with van der Waals surface area (Å²) in [5, 5.41) is 8.17. The molecule has 1 aromatic carbocycles. The zero-order valence-corrected chi connectivity index (χ0v) is 13.1. The van der Waals surface area contributed by atoms with Crippen molar-refractivity contribution in [3.63, 3.8) is 0 Å². The second kappa shape index (κ2) is 7.54. The van der Waals surface area contributed by atoms with Gasteiger partial charge in [-0.2, -0.15) is 5.10 Å². The van der Waals surface area contributed by atoms with Crippen LogP contribution in [0.25, 0.3) is 5.69 Å². The van der Waals surface area contributed by atoms with Crippen LogP contribution in [0.15, 0.2) is 42.6 Å². The molecular weight excluding hydrogens is 276 g/mol. The summed E-state index contributed by atoms with van der Waals surface area (Å²) >= 11 is 0. The summed E-state index contributed by atoms with van der Waals surface area (Å²) < 4.78 is 7.30. The number of benzene rings is 1. The number of rotatable bonds is 6. The summed E-state index contributed by atoms with van der Waals surface area (Å²) in [5.41, 5.74) is 2.16. The average molecular weight is 300 g/mol. The predicted octanol–water partition coefficient (Wildman–Crippen LogP) is 1.68. The number of aromatic nitrogens is 2. The van der Waals surface area contributed by atoms with Crippen molar-refractivity contribution in [1.29, 1.82) is 0 Å². The fourth-order valence-corrected chi connectivity index (χ4v) is 2.69. The molecule has 1 aliphatic heterocycles. The minimum atomic E-state index is 0.444. The van der Waals surface area contributed by atoms with Crippen LogP contribution in [0.5, 0.6) is 0 Å². The Labute approximate surface area is 131 Å². The van der Waals surface area contributed by atoms with Crippen molar-refractivity contribution in [1.82, 2.24) is 20.0 Å². The van der Waals surface area contributed by atoms with E-state index < -0.39 is 0 Å². The van der Waals surface area contributed by atoms with Crippen molar-refractivity contribution in [3.8, 4) is 5.69 Å². The molecule has 22 heavy (non-hydrogen) atoms. The van der Waals surface area contributed by atoms with Crippen LogP contribution in [0.3, 0.4) is 0 Å². The highest BCUT2D eigenvalue weighted by Gasteiger charge is 2.13. The minimum absolute atomic E-state index is 0.444. The van der Waals surface area contributed by atoms with Crippen LogP contribution in [0, 0.1) is 0 Å². The standard InChI is InChI=1S/C17H24N4O/c1-15(14-20-9-11-22-12-10-20)18-13-16-7-8-21(19-16)17-5-3-2-4-6-17/h2-8,15,18H,9-14H2,1H3. The van der Waals surface area contributed by atoms with Crippen LogP contribution in [0.4, 0.5) is 0 Å². The molecule has 0 saturated carbocycles. The minimum Gasteiger partial charge on any atom is -0.379 e. The van der Waals surface area contributed by atoms with Gasteiger partial charge in [0.2, 0.25) is 0 Å². The molecule has 118 valence electrons. The first-order valence-corrected chi connectivity index (χ1v) is 7.95. The quantitative estimate of drug-likeness (QED) is 0.881. The van der Waals surface area contributed by atoms with E-state index in [1.807, 2.05) is 29.1 Å². The second-order valence-electron chi connectivity index (χ2n) is 5.78. The zero-order valence-electron chi connectivity index (χ0n) is 13.1. The fraction of sp³-hybridized carbons (Fsp3) is 0.471. The van der Waals surface area contributed by atoms with E-state index in [0.717, 1.165) is 50.8 Å². The second-order valence-corrected chi connectivity index (χ2v) is 5.78. The smallest absolute Gasteiger partial charge is 0.0766 e. The average Bonchev–Trinajstić information content (AvgIpc) is 3.04. The Hall–Kier alpha value is -1.69. The molecule has 0 radical (unpaired) electrons. The lowest BCUT2D eigenvalue weighted by Crippen LogP contribution is -2.44. The zero-order chi connectivity index (χ0) is 15.2. The van der Waals surface area contributed by atoms with Gasteiger partial charge in [-0.05, 0) is 25.1 Å². The molecule has 1 fully saturated rings. The topological polar surface area (TPSA) is 42.3 Å². The van der Waals surface area contributed by atoms with Crippen LogP contribution in [0.1, 0.15) is 12.6 Å². The van der Waals surface area contributed by atoms with E-state index in [9.17, 15) is 0 Å². The molecule has 5 nitrogen and oxygen atoms in total. The molecule has 1 saturated heterocycles. The lowest BCUT2D eigenvalue weighted by atomic mass is 10.2. The first-order valence-electron chi connectivity index (χ1n) is 7.95. The summed E-state index contributed by atoms with van der Waals surface area (Å²) in [6.45, 7) is 7.86. The van der Waals surface area contributed by atoms with E-state index in [0.29, 0.717) is 6.04 Å². The summed E-state index contributed by atoms with van der Waals surface area (Å²) in [4.78, 5) is 2.45. The van der Waals surface area contributed by atoms with E-state index in [-0.39, 0.29) is 0 Å². The molecule has 0 aliphatic carbocycles. The van der Waals surface area contributed by atoms with Crippen molar-refractivity contribution in [2.45, 2.75) is 19.5 Å². The van der Waals surface area contributed by atoms with Gasteiger partial charge < -0.3 is 10.1 Å². The van der Waals surface area contributed by atoms with Gasteiger partial charge in [-0.25, -0.2) is 4.68 Å². The monoisotopic (exact) mass is 300 g/mol. The molecule has 0 amide bonds. The van der Waals surface area contributed by atoms with Crippen molar-refractivity contribution in [3.05, 3.63) is 48.3 Å². The normalized spacial score (nSPS) is 17.5. The highest BCUT2D eigenvalue weighted by Crippen LogP contribution is 2.07. The van der Waals surface area contributed by atoms with Gasteiger partial charge in [0.15, 0.2) is 0 Å². The van der Waals surface area contributed by atoms with E-state index in [4.69, 9.17) is 4.74 Å². The summed E-state index contributed by atoms with van der Waals surface area (Å²) in [6.07, 6.45) is 2.01. The lowest BCUT2D eigenvalue weighted by Gasteiger charge is -2.29. The van der Waals surface area contributed by atoms with Crippen LogP contribution < -0.4 is 5.32 Å². The number of ether oxygens (including phenoxy) is 1. The maximum absolute atomic E-state index is 5.38. The SMILES string of the molecule is CC(CN1CCOCC1)NCc1ccn(-c2ccccc2)n1. The largest absolute Gasteiger partial charge is 0.379 e. The molecule has 5 heteroatoms. The number of nitrogens with one attached hydrogen (secondary N) is 1. The highest BCUT2D eigenvalue weighted by atomic mass is 16.5. The third-order valence-corrected chi connectivity index (χ3v) is 3.93. The van der Waals surface area contributed by atoms with Gasteiger partial charge in [0.25, 0.3) is 0 Å². The van der Waals surface area contributed by atoms with Gasteiger partial charge in [0.1, 0.15) is 0 Å². The fourth-order valence-electron chi connectivity index (χ4n) is 2.69. The molecule has 0 bridgehead atoms. The molecule has 2 heterocycles. The number of morpholine rings is 1. The van der Waals surface area contributed by atoms with Gasteiger partial charge in [-0.15, -0.1) is 0 Å². The lowest BCUT2D eigenvalue weighted by molar-refractivity contribution is 0.0343. The Bertz CT molecular complexity index is 563. The molecule has 3 rings (SSSR count). The number of hydrogen-bond donors (Lipinski definition) is 1. The third kappa shape index (κ3) is 4.16. The molecule has 1 N–H and O–H groups in total.